The van der Waals surface area contributed by atoms with Gasteiger partial charge in [-0.15, -0.1) is 11.3 Å². The summed E-state index contributed by atoms with van der Waals surface area (Å²) in [5, 5.41) is 4.54. The molecule has 0 spiro atoms. The molecule has 0 unspecified atom stereocenters. The number of hydrogen-bond donors (Lipinski definition) is 1. The van der Waals surface area contributed by atoms with Crippen LogP contribution in [0, 0.1) is 0 Å². The highest BCUT2D eigenvalue weighted by Crippen LogP contribution is 2.25. The Morgan fingerprint density at radius 1 is 1.00 bits per heavy atom. The molecule has 1 N–H and O–H groups in total. The van der Waals surface area contributed by atoms with Gasteiger partial charge in [0.05, 0.1) is 18.4 Å². The topological polar surface area (TPSA) is 98.7 Å². The van der Waals surface area contributed by atoms with Crippen LogP contribution in [0.4, 0.5) is 5.69 Å². The number of hydrogen-bond acceptors (Lipinski definition) is 7. The normalized spacial score (nSPS) is 17.2. The first-order valence-corrected chi connectivity index (χ1v) is 10.9. The van der Waals surface area contributed by atoms with Gasteiger partial charge in [-0.25, -0.2) is 4.98 Å². The van der Waals surface area contributed by atoms with Gasteiger partial charge in [-0.1, -0.05) is 0 Å². The average molecular weight is 429 g/mol. The molecule has 10 heteroatoms. The number of rotatable bonds is 5. The first-order valence-electron chi connectivity index (χ1n) is 10.1. The van der Waals surface area contributed by atoms with Crippen LogP contribution in [0.25, 0.3) is 0 Å². The number of piperazine rings is 1. The van der Waals surface area contributed by atoms with Gasteiger partial charge in [-0.05, 0) is 24.3 Å². The maximum Gasteiger partial charge on any atom is 0.275 e. The molecule has 2 aliphatic rings. The fourth-order valence-electron chi connectivity index (χ4n) is 3.69. The van der Waals surface area contributed by atoms with Crippen LogP contribution in [0.5, 0.6) is 0 Å². The highest BCUT2D eigenvalue weighted by atomic mass is 32.1. The average Bonchev–Trinajstić information content (AvgIpc) is 3.47. The lowest BCUT2D eigenvalue weighted by atomic mass is 10.2. The van der Waals surface area contributed by atoms with E-state index in [1.807, 2.05) is 4.90 Å². The second kappa shape index (κ2) is 9.31. The van der Waals surface area contributed by atoms with Crippen LogP contribution in [0.1, 0.15) is 33.0 Å². The van der Waals surface area contributed by atoms with E-state index >= 15 is 0 Å². The van der Waals surface area contributed by atoms with Crippen molar-refractivity contribution in [1.82, 2.24) is 24.7 Å². The second-order valence-corrected chi connectivity index (χ2v) is 8.28. The van der Waals surface area contributed by atoms with Gasteiger partial charge in [0.2, 0.25) is 5.91 Å². The lowest BCUT2D eigenvalue weighted by Gasteiger charge is -2.35. The molecule has 0 aromatic carbocycles. The minimum Gasteiger partial charge on any atom is -0.342 e. The molecule has 4 rings (SSSR count). The minimum absolute atomic E-state index is 0.107. The third kappa shape index (κ3) is 4.65. The van der Waals surface area contributed by atoms with Gasteiger partial charge in [-0.2, -0.15) is 0 Å². The first kappa shape index (κ1) is 20.4. The number of nitrogens with zero attached hydrogens (tertiary/aromatic N) is 5. The van der Waals surface area contributed by atoms with Crippen molar-refractivity contribution in [3.63, 3.8) is 0 Å². The van der Waals surface area contributed by atoms with E-state index in [9.17, 15) is 14.4 Å². The van der Waals surface area contributed by atoms with Crippen LogP contribution in [-0.2, 0) is 4.79 Å². The molecule has 0 radical (unpaired) electrons. The lowest BCUT2D eigenvalue weighted by Crippen LogP contribution is -2.51. The summed E-state index contributed by atoms with van der Waals surface area (Å²) in [5.74, 6) is -0.328. The SMILES string of the molecule is O=C(Nc1ccsc1C(=O)N1CCN(CC(=O)N2CCCC2)CC1)c1cnccn1. The van der Waals surface area contributed by atoms with E-state index in [-0.39, 0.29) is 17.5 Å². The Bertz CT molecular complexity index is 904. The van der Waals surface area contributed by atoms with Gasteiger partial charge in [0.1, 0.15) is 10.6 Å². The highest BCUT2D eigenvalue weighted by molar-refractivity contribution is 7.12. The highest BCUT2D eigenvalue weighted by Gasteiger charge is 2.27. The molecule has 2 aliphatic heterocycles. The van der Waals surface area contributed by atoms with Crippen LogP contribution < -0.4 is 5.32 Å². The molecule has 3 amide bonds. The Balaban J connectivity index is 1.32. The predicted octanol–water partition coefficient (Wildman–Crippen LogP) is 1.17. The first-order chi connectivity index (χ1) is 14.6. The molecule has 0 aliphatic carbocycles. The number of likely N-dealkylation sites (tertiary alicyclic amines) is 1. The molecule has 0 saturated carbocycles. The van der Waals surface area contributed by atoms with E-state index in [4.69, 9.17) is 0 Å². The van der Waals surface area contributed by atoms with E-state index in [1.165, 1.54) is 29.9 Å². The summed E-state index contributed by atoms with van der Waals surface area (Å²) in [6, 6.07) is 1.72. The van der Waals surface area contributed by atoms with E-state index < -0.39 is 5.91 Å². The number of aromatic nitrogens is 2. The smallest absolute Gasteiger partial charge is 0.275 e. The van der Waals surface area contributed by atoms with E-state index in [1.54, 1.807) is 16.3 Å². The van der Waals surface area contributed by atoms with Crippen LogP contribution in [0.15, 0.2) is 30.0 Å². The van der Waals surface area contributed by atoms with Gasteiger partial charge in [-0.3, -0.25) is 24.3 Å². The summed E-state index contributed by atoms with van der Waals surface area (Å²) < 4.78 is 0. The van der Waals surface area contributed by atoms with Crippen molar-refractivity contribution in [2.75, 3.05) is 51.1 Å². The van der Waals surface area contributed by atoms with Crippen molar-refractivity contribution < 1.29 is 14.4 Å². The monoisotopic (exact) mass is 428 g/mol. The zero-order chi connectivity index (χ0) is 20.9. The van der Waals surface area contributed by atoms with E-state index in [0.717, 1.165) is 25.9 Å². The number of thiophene rings is 1. The van der Waals surface area contributed by atoms with E-state index in [0.29, 0.717) is 43.3 Å². The molecule has 2 aromatic heterocycles. The molecular weight excluding hydrogens is 404 g/mol. The largest absolute Gasteiger partial charge is 0.342 e. The molecule has 2 saturated heterocycles. The summed E-state index contributed by atoms with van der Waals surface area (Å²) in [6.45, 7) is 4.58. The minimum atomic E-state index is -0.402. The number of carbonyl (C=O) groups excluding carboxylic acids is 3. The third-order valence-electron chi connectivity index (χ3n) is 5.38. The second-order valence-electron chi connectivity index (χ2n) is 7.36. The standard InChI is InChI=1S/C20H24N6O3S/c27-17(25-6-1-2-7-25)14-24-8-10-26(11-9-24)20(29)18-15(3-12-30-18)23-19(28)16-13-21-4-5-22-16/h3-5,12-13H,1-2,6-11,14H2,(H,23,28). The molecule has 30 heavy (non-hydrogen) atoms. The van der Waals surface area contributed by atoms with Gasteiger partial charge in [0, 0.05) is 51.7 Å². The maximum absolute atomic E-state index is 13.0. The molecule has 158 valence electrons. The van der Waals surface area contributed by atoms with Crippen LogP contribution in [0.2, 0.25) is 0 Å². The van der Waals surface area contributed by atoms with Crippen molar-refractivity contribution in [1.29, 1.82) is 0 Å². The van der Waals surface area contributed by atoms with Crippen LogP contribution in [-0.4, -0.2) is 88.2 Å². The summed E-state index contributed by atoms with van der Waals surface area (Å²) >= 11 is 1.30. The van der Waals surface area contributed by atoms with Gasteiger partial charge in [0.25, 0.3) is 11.8 Å². The molecule has 0 bridgehead atoms. The third-order valence-corrected chi connectivity index (χ3v) is 6.28. The summed E-state index contributed by atoms with van der Waals surface area (Å²) in [5.41, 5.74) is 0.672. The molecule has 4 heterocycles. The number of carbonyl (C=O) groups is 3. The van der Waals surface area contributed by atoms with Crippen molar-refractivity contribution >= 4 is 34.7 Å². The Hall–Kier alpha value is -2.85. The quantitative estimate of drug-likeness (QED) is 0.768. The Kier molecular flexibility index (Phi) is 6.34. The Morgan fingerprint density at radius 2 is 1.77 bits per heavy atom. The summed E-state index contributed by atoms with van der Waals surface area (Å²) in [7, 11) is 0. The molecule has 2 aromatic rings. The number of nitrogens with one attached hydrogen (secondary N) is 1. The predicted molar refractivity (Wildman–Crippen MR) is 112 cm³/mol. The fraction of sp³-hybridized carbons (Fsp3) is 0.450. The van der Waals surface area contributed by atoms with Crippen molar-refractivity contribution in [2.45, 2.75) is 12.8 Å². The zero-order valence-corrected chi connectivity index (χ0v) is 17.4. The van der Waals surface area contributed by atoms with Gasteiger partial charge < -0.3 is 15.1 Å². The summed E-state index contributed by atoms with van der Waals surface area (Å²) in [6.07, 6.45) is 6.50. The molecule has 2 fully saturated rings. The van der Waals surface area contributed by atoms with Gasteiger partial charge in [0.15, 0.2) is 0 Å². The van der Waals surface area contributed by atoms with Crippen molar-refractivity contribution in [3.8, 4) is 0 Å². The Labute approximate surface area is 178 Å². The van der Waals surface area contributed by atoms with E-state index in [2.05, 4.69) is 20.2 Å². The van der Waals surface area contributed by atoms with Crippen molar-refractivity contribution in [3.05, 3.63) is 40.6 Å². The number of amides is 3. The molecule has 0 atom stereocenters. The lowest BCUT2D eigenvalue weighted by molar-refractivity contribution is -0.131. The molecule has 9 nitrogen and oxygen atoms in total. The summed E-state index contributed by atoms with van der Waals surface area (Å²) in [4.78, 5) is 51.9. The molecular formula is C20H24N6O3S. The number of anilines is 1. The zero-order valence-electron chi connectivity index (χ0n) is 16.6. The van der Waals surface area contributed by atoms with Crippen LogP contribution in [0.3, 0.4) is 0 Å². The van der Waals surface area contributed by atoms with Crippen LogP contribution >= 0.6 is 11.3 Å². The van der Waals surface area contributed by atoms with Crippen molar-refractivity contribution in [2.24, 2.45) is 0 Å². The fourth-order valence-corrected chi connectivity index (χ4v) is 4.50. The maximum atomic E-state index is 13.0. The van der Waals surface area contributed by atoms with Gasteiger partial charge >= 0.3 is 0 Å². The Morgan fingerprint density at radius 3 is 2.47 bits per heavy atom.